The van der Waals surface area contributed by atoms with Crippen molar-refractivity contribution < 1.29 is 23.2 Å². The molecule has 3 N–H and O–H groups in total. The van der Waals surface area contributed by atoms with E-state index in [1.807, 2.05) is 0 Å². The normalized spacial score (nSPS) is 12.2. The lowest BCUT2D eigenvalue weighted by atomic mass is 9.83. The molecule has 152 valence electrons. The van der Waals surface area contributed by atoms with Crippen molar-refractivity contribution in [3.63, 3.8) is 0 Å². The van der Waals surface area contributed by atoms with E-state index >= 15 is 0 Å². The van der Waals surface area contributed by atoms with Crippen molar-refractivity contribution >= 4 is 56.5 Å². The Labute approximate surface area is 186 Å². The first-order valence-corrected chi connectivity index (χ1v) is 10.8. The first-order valence-electron chi connectivity index (χ1n) is 7.89. The van der Waals surface area contributed by atoms with Gasteiger partial charge in [-0.05, 0) is 41.5 Å². The molecule has 29 heavy (non-hydrogen) atoms. The van der Waals surface area contributed by atoms with Crippen LogP contribution in [0.25, 0.3) is 0 Å². The lowest BCUT2D eigenvalue weighted by molar-refractivity contribution is 0.394. The van der Waals surface area contributed by atoms with Crippen molar-refractivity contribution in [2.75, 3.05) is 0 Å². The van der Waals surface area contributed by atoms with E-state index in [0.717, 1.165) is 6.07 Å². The van der Waals surface area contributed by atoms with Crippen LogP contribution in [0.15, 0.2) is 54.6 Å². The Bertz CT molecular complexity index is 1170. The molecule has 0 aliphatic heterocycles. The van der Waals surface area contributed by atoms with Gasteiger partial charge in [0.15, 0.2) is 16.2 Å². The molecule has 0 saturated carbocycles. The Morgan fingerprint density at radius 1 is 0.759 bits per heavy atom. The summed E-state index contributed by atoms with van der Waals surface area (Å²) in [5.41, 5.74) is -0.484. The Morgan fingerprint density at radius 3 is 1.66 bits per heavy atom. The van der Waals surface area contributed by atoms with Crippen LogP contribution in [0.5, 0.6) is 11.5 Å². The largest absolute Gasteiger partial charge is 0.504 e. The zero-order valence-electron chi connectivity index (χ0n) is 14.3. The molecule has 0 saturated heterocycles. The van der Waals surface area contributed by atoms with E-state index in [-0.39, 0.29) is 31.2 Å². The molecule has 0 aromatic heterocycles. The summed E-state index contributed by atoms with van der Waals surface area (Å²) in [4.78, 5) is 0. The summed E-state index contributed by atoms with van der Waals surface area (Å²) in [7, 11) is -5.08. The average molecular weight is 494 g/mol. The molecule has 0 amide bonds. The predicted molar refractivity (Wildman–Crippen MR) is 114 cm³/mol. The molecule has 0 fully saturated rings. The summed E-state index contributed by atoms with van der Waals surface area (Å²) in [6.07, 6.45) is 0. The highest BCUT2D eigenvalue weighted by molar-refractivity contribution is 7.87. The van der Waals surface area contributed by atoms with E-state index in [2.05, 4.69) is 0 Å². The molecule has 0 radical (unpaired) electrons. The van der Waals surface area contributed by atoms with Crippen molar-refractivity contribution in [2.24, 2.45) is 0 Å². The van der Waals surface area contributed by atoms with Gasteiger partial charge in [0, 0.05) is 15.6 Å². The minimum Gasteiger partial charge on any atom is -0.504 e. The third-order valence-electron chi connectivity index (χ3n) is 4.40. The van der Waals surface area contributed by atoms with Gasteiger partial charge in [-0.2, -0.15) is 8.42 Å². The van der Waals surface area contributed by atoms with Crippen LogP contribution in [0.1, 0.15) is 16.7 Å². The second kappa shape index (κ2) is 7.87. The second-order valence-electron chi connectivity index (χ2n) is 6.09. The predicted octanol–water partition coefficient (Wildman–Crippen LogP) is 5.89. The molecule has 3 aromatic carbocycles. The lowest BCUT2D eigenvalue weighted by Crippen LogP contribution is -2.38. The lowest BCUT2D eigenvalue weighted by Gasteiger charge is -2.33. The maximum atomic E-state index is 12.9. The Morgan fingerprint density at radius 2 is 1.24 bits per heavy atom. The zero-order valence-corrected chi connectivity index (χ0v) is 18.1. The molecule has 0 heterocycles. The number of aromatic hydroxyl groups is 2. The quantitative estimate of drug-likeness (QED) is 0.239. The number of phenolic OH excluding ortho intramolecular Hbond substituents is 2. The molecular weight excluding hydrogens is 482 g/mol. The van der Waals surface area contributed by atoms with Crippen LogP contribution in [0.4, 0.5) is 0 Å². The fraction of sp³-hybridized carbons (Fsp3) is 0.0526. The van der Waals surface area contributed by atoms with E-state index in [9.17, 15) is 23.2 Å². The molecule has 10 heteroatoms. The molecule has 0 unspecified atom stereocenters. The number of benzene rings is 3. The summed E-state index contributed by atoms with van der Waals surface area (Å²) in [6.45, 7) is 0. The number of phenols is 2. The first-order chi connectivity index (χ1) is 13.5. The SMILES string of the molecule is O=S(=O)(O)C(c1cccc(Cl)c1)(c1cccc(Cl)c1)c1cc(Cl)c(Cl)c(O)c1O. The van der Waals surface area contributed by atoms with Crippen LogP contribution < -0.4 is 0 Å². The Hall–Kier alpha value is -1.67. The van der Waals surface area contributed by atoms with E-state index in [0.29, 0.717) is 0 Å². The molecule has 3 aromatic rings. The molecule has 0 atom stereocenters. The summed E-state index contributed by atoms with van der Waals surface area (Å²) < 4.78 is 33.9. The average Bonchev–Trinajstić information content (AvgIpc) is 2.64. The van der Waals surface area contributed by atoms with Crippen LogP contribution in [-0.2, 0) is 14.9 Å². The number of rotatable bonds is 4. The van der Waals surface area contributed by atoms with Gasteiger partial charge in [0.1, 0.15) is 5.02 Å². The summed E-state index contributed by atoms with van der Waals surface area (Å²) in [5.74, 6) is -1.72. The Kier molecular flexibility index (Phi) is 5.98. The maximum absolute atomic E-state index is 12.9. The van der Waals surface area contributed by atoms with E-state index in [1.165, 1.54) is 48.5 Å². The van der Waals surface area contributed by atoms with Crippen molar-refractivity contribution in [2.45, 2.75) is 4.75 Å². The molecule has 0 aliphatic carbocycles. The van der Waals surface area contributed by atoms with Gasteiger partial charge >= 0.3 is 0 Å². The summed E-state index contributed by atoms with van der Waals surface area (Å²) in [5, 5.41) is 20.5. The van der Waals surface area contributed by atoms with Gasteiger partial charge in [-0.1, -0.05) is 70.7 Å². The fourth-order valence-corrected chi connectivity index (χ4v) is 5.21. The standard InChI is InChI=1S/C19H12Cl4O5S/c20-12-5-1-3-10(7-12)19(29(26,27)28,11-4-2-6-13(21)8-11)14-9-15(22)16(23)18(25)17(14)24/h1-9,24-25H,(H,26,27,28). The molecular formula is C19H12Cl4O5S. The molecule has 0 aliphatic rings. The van der Waals surface area contributed by atoms with Gasteiger partial charge in [0.05, 0.1) is 5.02 Å². The molecule has 0 bridgehead atoms. The third kappa shape index (κ3) is 3.65. The smallest absolute Gasteiger partial charge is 0.283 e. The van der Waals surface area contributed by atoms with E-state index in [1.54, 1.807) is 0 Å². The summed E-state index contributed by atoms with van der Waals surface area (Å²) >= 11 is 24.1. The molecule has 5 nitrogen and oxygen atoms in total. The van der Waals surface area contributed by atoms with Gasteiger partial charge in [-0.25, -0.2) is 0 Å². The minimum absolute atomic E-state index is 0.0251. The fourth-order valence-electron chi connectivity index (χ4n) is 3.20. The van der Waals surface area contributed by atoms with E-state index in [4.69, 9.17) is 46.4 Å². The monoisotopic (exact) mass is 492 g/mol. The van der Waals surface area contributed by atoms with Crippen LogP contribution in [0, 0.1) is 0 Å². The first kappa shape index (κ1) is 22.0. The Balaban J connectivity index is 2.62. The number of hydrogen-bond donors (Lipinski definition) is 3. The van der Waals surface area contributed by atoms with Gasteiger partial charge < -0.3 is 10.2 Å². The maximum Gasteiger partial charge on any atom is 0.283 e. The topological polar surface area (TPSA) is 94.8 Å². The van der Waals surface area contributed by atoms with Gasteiger partial charge in [-0.15, -0.1) is 0 Å². The summed E-state index contributed by atoms with van der Waals surface area (Å²) in [6, 6.07) is 12.4. The van der Waals surface area contributed by atoms with Crippen molar-refractivity contribution in [1.82, 2.24) is 0 Å². The van der Waals surface area contributed by atoms with Gasteiger partial charge in [0.25, 0.3) is 10.1 Å². The number of halogens is 4. The van der Waals surface area contributed by atoms with Crippen molar-refractivity contribution in [3.8, 4) is 11.5 Å². The van der Waals surface area contributed by atoms with Crippen LogP contribution >= 0.6 is 46.4 Å². The number of hydrogen-bond acceptors (Lipinski definition) is 4. The van der Waals surface area contributed by atoms with E-state index < -0.39 is 31.9 Å². The zero-order chi connectivity index (χ0) is 21.6. The molecule has 0 spiro atoms. The van der Waals surface area contributed by atoms with Crippen molar-refractivity contribution in [3.05, 3.63) is 91.4 Å². The van der Waals surface area contributed by atoms with Gasteiger partial charge in [-0.3, -0.25) is 4.55 Å². The van der Waals surface area contributed by atoms with Gasteiger partial charge in [0.2, 0.25) is 0 Å². The van der Waals surface area contributed by atoms with Crippen LogP contribution in [-0.4, -0.2) is 23.2 Å². The second-order valence-corrected chi connectivity index (χ2v) is 9.31. The third-order valence-corrected chi connectivity index (χ3v) is 7.11. The van der Waals surface area contributed by atoms with Crippen LogP contribution in [0.2, 0.25) is 20.1 Å². The van der Waals surface area contributed by atoms with Crippen molar-refractivity contribution in [1.29, 1.82) is 0 Å². The minimum atomic E-state index is -5.08. The molecule has 3 rings (SSSR count). The highest BCUT2D eigenvalue weighted by Gasteiger charge is 2.51. The van der Waals surface area contributed by atoms with Crippen LogP contribution in [0.3, 0.4) is 0 Å². The highest BCUT2D eigenvalue weighted by Crippen LogP contribution is 2.52. The highest BCUT2D eigenvalue weighted by atomic mass is 35.5.